The van der Waals surface area contributed by atoms with E-state index in [1.54, 1.807) is 11.0 Å². The van der Waals surface area contributed by atoms with E-state index in [4.69, 9.17) is 14.4 Å². The van der Waals surface area contributed by atoms with E-state index in [0.717, 1.165) is 5.56 Å². The van der Waals surface area contributed by atoms with Crippen molar-refractivity contribution in [2.24, 2.45) is 0 Å². The number of aromatic nitrogens is 1. The lowest BCUT2D eigenvalue weighted by molar-refractivity contribution is -0.139. The molecule has 0 saturated carbocycles. The number of hydrogen-bond donors (Lipinski definition) is 1. The number of hydrogen-bond acceptors (Lipinski definition) is 5. The highest BCUT2D eigenvalue weighted by molar-refractivity contribution is 5.79. The summed E-state index contributed by atoms with van der Waals surface area (Å²) < 4.78 is 10.7. The highest BCUT2D eigenvalue weighted by Crippen LogP contribution is 2.20. The van der Waals surface area contributed by atoms with Gasteiger partial charge in [-0.25, -0.2) is 0 Å². The summed E-state index contributed by atoms with van der Waals surface area (Å²) in [7, 11) is 0. The summed E-state index contributed by atoms with van der Waals surface area (Å²) >= 11 is 0. The van der Waals surface area contributed by atoms with Crippen LogP contribution < -0.4 is 0 Å². The van der Waals surface area contributed by atoms with Crippen LogP contribution in [0.1, 0.15) is 12.1 Å². The highest BCUT2D eigenvalue weighted by Gasteiger charge is 2.27. The van der Waals surface area contributed by atoms with Gasteiger partial charge in [0.2, 0.25) is 5.91 Å². The molecule has 1 aliphatic heterocycles. The zero-order valence-electron chi connectivity index (χ0n) is 12.9. The minimum absolute atomic E-state index is 0.0142. The molecule has 1 aromatic heterocycles. The summed E-state index contributed by atoms with van der Waals surface area (Å²) in [6.45, 7) is 1.59. The van der Waals surface area contributed by atoms with Crippen LogP contribution in [-0.2, 0) is 16.0 Å². The van der Waals surface area contributed by atoms with E-state index in [9.17, 15) is 4.79 Å². The van der Waals surface area contributed by atoms with Gasteiger partial charge in [0.25, 0.3) is 0 Å². The number of aliphatic hydroxyl groups excluding tert-OH is 1. The van der Waals surface area contributed by atoms with Crippen LogP contribution in [0, 0.1) is 0 Å². The van der Waals surface area contributed by atoms with E-state index in [2.05, 4.69) is 5.16 Å². The number of nitrogens with zero attached hydrogens (tertiary/aromatic N) is 2. The third-order valence-electron chi connectivity index (χ3n) is 3.96. The molecule has 1 N–H and O–H groups in total. The molecule has 6 heteroatoms. The van der Waals surface area contributed by atoms with Crippen molar-refractivity contribution >= 4 is 5.91 Å². The molecule has 1 saturated heterocycles. The smallest absolute Gasteiger partial charge is 0.229 e. The van der Waals surface area contributed by atoms with E-state index in [1.807, 2.05) is 30.3 Å². The maximum Gasteiger partial charge on any atom is 0.229 e. The number of morpholine rings is 1. The van der Waals surface area contributed by atoms with E-state index in [1.165, 1.54) is 0 Å². The predicted octanol–water partition coefficient (Wildman–Crippen LogP) is 1.49. The molecule has 6 nitrogen and oxygen atoms in total. The molecular weight excluding hydrogens is 296 g/mol. The molecular formula is C17H20N2O4. The molecule has 23 heavy (non-hydrogen) atoms. The highest BCUT2D eigenvalue weighted by atomic mass is 16.5. The van der Waals surface area contributed by atoms with Crippen LogP contribution in [0.5, 0.6) is 0 Å². The molecule has 1 aliphatic rings. The first-order valence-electron chi connectivity index (χ1n) is 7.77. The van der Waals surface area contributed by atoms with Crippen LogP contribution in [0.25, 0.3) is 11.3 Å². The van der Waals surface area contributed by atoms with E-state index >= 15 is 0 Å². The van der Waals surface area contributed by atoms with Gasteiger partial charge in [-0.3, -0.25) is 4.79 Å². The molecule has 0 unspecified atom stereocenters. The minimum Gasteiger partial charge on any atom is -0.396 e. The molecule has 122 valence electrons. The minimum atomic E-state index is -0.0678. The Bertz CT molecular complexity index is 639. The van der Waals surface area contributed by atoms with Crippen LogP contribution in [0.3, 0.4) is 0 Å². The molecule has 1 aromatic carbocycles. The maximum atomic E-state index is 12.5. The van der Waals surface area contributed by atoms with Gasteiger partial charge >= 0.3 is 0 Å². The number of carbonyl (C=O) groups excluding carboxylic acids is 1. The van der Waals surface area contributed by atoms with Gasteiger partial charge in [0.1, 0.15) is 0 Å². The fourth-order valence-corrected chi connectivity index (χ4v) is 2.76. The van der Waals surface area contributed by atoms with Gasteiger partial charge in [-0.15, -0.1) is 0 Å². The van der Waals surface area contributed by atoms with Crippen molar-refractivity contribution in [3.8, 4) is 11.3 Å². The van der Waals surface area contributed by atoms with Crippen molar-refractivity contribution in [2.45, 2.75) is 18.9 Å². The first-order chi connectivity index (χ1) is 11.3. The normalized spacial score (nSPS) is 18.1. The van der Waals surface area contributed by atoms with Gasteiger partial charge in [0.15, 0.2) is 5.76 Å². The quantitative estimate of drug-likeness (QED) is 0.904. The van der Waals surface area contributed by atoms with E-state index in [-0.39, 0.29) is 25.0 Å². The second-order valence-corrected chi connectivity index (χ2v) is 5.55. The van der Waals surface area contributed by atoms with Gasteiger partial charge in [-0.05, 0) is 6.42 Å². The van der Waals surface area contributed by atoms with E-state index in [0.29, 0.717) is 37.6 Å². The summed E-state index contributed by atoms with van der Waals surface area (Å²) in [5.41, 5.74) is 1.55. The predicted molar refractivity (Wildman–Crippen MR) is 83.7 cm³/mol. The third-order valence-corrected chi connectivity index (χ3v) is 3.96. The van der Waals surface area contributed by atoms with Crippen molar-refractivity contribution < 1.29 is 19.2 Å². The summed E-state index contributed by atoms with van der Waals surface area (Å²) in [5, 5.41) is 13.1. The number of amides is 1. The van der Waals surface area contributed by atoms with Crippen LogP contribution >= 0.6 is 0 Å². The van der Waals surface area contributed by atoms with Crippen molar-refractivity contribution in [1.82, 2.24) is 10.1 Å². The molecule has 0 spiro atoms. The average molecular weight is 316 g/mol. The fourth-order valence-electron chi connectivity index (χ4n) is 2.76. The fraction of sp³-hybridized carbons (Fsp3) is 0.412. The Labute approximate surface area is 134 Å². The summed E-state index contributed by atoms with van der Waals surface area (Å²) in [4.78, 5) is 14.3. The van der Waals surface area contributed by atoms with Gasteiger partial charge in [-0.2, -0.15) is 0 Å². The van der Waals surface area contributed by atoms with Crippen LogP contribution in [0.4, 0.5) is 0 Å². The second-order valence-electron chi connectivity index (χ2n) is 5.55. The number of rotatable bonds is 5. The topological polar surface area (TPSA) is 75.8 Å². The molecule has 1 atom stereocenters. The number of aliphatic hydroxyl groups is 1. The van der Waals surface area contributed by atoms with Crippen LogP contribution in [0.2, 0.25) is 0 Å². The molecule has 0 radical (unpaired) electrons. The molecule has 0 aliphatic carbocycles. The molecule has 1 amide bonds. The summed E-state index contributed by atoms with van der Waals surface area (Å²) in [6.07, 6.45) is 0.720. The molecule has 2 heterocycles. The van der Waals surface area contributed by atoms with Crippen molar-refractivity contribution in [1.29, 1.82) is 0 Å². The second kappa shape index (κ2) is 7.39. The molecule has 3 rings (SSSR count). The average Bonchev–Trinajstić information content (AvgIpc) is 3.05. The lowest BCUT2D eigenvalue weighted by Crippen LogP contribution is -2.49. The van der Waals surface area contributed by atoms with Gasteiger partial charge in [0.05, 0.1) is 31.4 Å². The summed E-state index contributed by atoms with van der Waals surface area (Å²) in [6, 6.07) is 11.4. The van der Waals surface area contributed by atoms with E-state index < -0.39 is 0 Å². The summed E-state index contributed by atoms with van der Waals surface area (Å²) in [5.74, 6) is 0.641. The van der Waals surface area contributed by atoms with Crippen molar-refractivity contribution in [2.75, 3.05) is 26.4 Å². The van der Waals surface area contributed by atoms with Crippen LogP contribution in [0.15, 0.2) is 40.9 Å². The Hall–Kier alpha value is -2.18. The van der Waals surface area contributed by atoms with Gasteiger partial charge in [0, 0.05) is 24.8 Å². The Kier molecular flexibility index (Phi) is 5.05. The Morgan fingerprint density at radius 3 is 2.96 bits per heavy atom. The zero-order chi connectivity index (χ0) is 16.1. The Balaban J connectivity index is 1.67. The third kappa shape index (κ3) is 3.78. The lowest BCUT2D eigenvalue weighted by Gasteiger charge is -2.35. The Morgan fingerprint density at radius 2 is 2.17 bits per heavy atom. The zero-order valence-corrected chi connectivity index (χ0v) is 12.9. The van der Waals surface area contributed by atoms with Gasteiger partial charge < -0.3 is 19.3 Å². The van der Waals surface area contributed by atoms with Crippen molar-refractivity contribution in [3.05, 3.63) is 42.1 Å². The molecule has 2 aromatic rings. The lowest BCUT2D eigenvalue weighted by atomic mass is 10.1. The Morgan fingerprint density at radius 1 is 1.35 bits per heavy atom. The number of carbonyl (C=O) groups is 1. The van der Waals surface area contributed by atoms with Crippen molar-refractivity contribution in [3.63, 3.8) is 0 Å². The standard InChI is InChI=1S/C17H20N2O4/c20-8-6-15-12-22-9-7-19(15)17(21)11-14-10-16(23-18-14)13-4-2-1-3-5-13/h1-5,10,15,20H,6-9,11-12H2/t15-/m0/s1. The molecule has 0 bridgehead atoms. The van der Waals surface area contributed by atoms with Gasteiger partial charge in [-0.1, -0.05) is 35.5 Å². The monoisotopic (exact) mass is 316 g/mol. The SMILES string of the molecule is O=C(Cc1cc(-c2ccccc2)on1)N1CCOC[C@@H]1CCO. The molecule has 1 fully saturated rings. The number of benzene rings is 1. The first kappa shape index (κ1) is 15.7. The number of ether oxygens (including phenoxy) is 1. The first-order valence-corrected chi connectivity index (χ1v) is 7.77. The largest absolute Gasteiger partial charge is 0.396 e. The maximum absolute atomic E-state index is 12.5. The van der Waals surface area contributed by atoms with Crippen LogP contribution in [-0.4, -0.2) is 53.5 Å².